The van der Waals surface area contributed by atoms with Crippen LogP contribution in [0.4, 0.5) is 0 Å². The number of hydrogen-bond acceptors (Lipinski definition) is 1. The Hall–Kier alpha value is -0.560. The van der Waals surface area contributed by atoms with E-state index in [-0.39, 0.29) is 0 Å². The summed E-state index contributed by atoms with van der Waals surface area (Å²) >= 11 is 0. The average Bonchev–Trinajstić information content (AvgIpc) is 2.69. The maximum Gasteiger partial charge on any atom is 0.00105 e. The van der Waals surface area contributed by atoms with Crippen LogP contribution >= 0.6 is 0 Å². The average molecular weight is 292 g/mol. The summed E-state index contributed by atoms with van der Waals surface area (Å²) in [7, 11) is 0. The number of allylic oxidation sites excluding steroid dienone is 3. The van der Waals surface area contributed by atoms with Gasteiger partial charge in [0.2, 0.25) is 0 Å². The highest BCUT2D eigenvalue weighted by molar-refractivity contribution is 5.07. The molecule has 0 radical (unpaired) electrons. The Morgan fingerprint density at radius 1 is 1.33 bits per heavy atom. The second-order valence-electron chi connectivity index (χ2n) is 6.91. The molecule has 1 unspecified atom stereocenters. The third-order valence-electron chi connectivity index (χ3n) is 4.61. The molecule has 1 rings (SSSR count). The molecule has 0 amide bonds. The van der Waals surface area contributed by atoms with Crippen LogP contribution in [-0.4, -0.2) is 12.6 Å². The molecule has 0 spiro atoms. The molecule has 21 heavy (non-hydrogen) atoms. The van der Waals surface area contributed by atoms with E-state index in [1.54, 1.807) is 11.1 Å². The summed E-state index contributed by atoms with van der Waals surface area (Å²) in [6, 6.07) is 0.603. The molecule has 0 aromatic carbocycles. The first kappa shape index (κ1) is 18.5. The van der Waals surface area contributed by atoms with Crippen molar-refractivity contribution in [1.82, 2.24) is 5.32 Å². The molecule has 1 N–H and O–H groups in total. The van der Waals surface area contributed by atoms with Gasteiger partial charge in [0.1, 0.15) is 0 Å². The van der Waals surface area contributed by atoms with Crippen LogP contribution in [0.2, 0.25) is 0 Å². The van der Waals surface area contributed by atoms with E-state index >= 15 is 0 Å². The third-order valence-corrected chi connectivity index (χ3v) is 4.61. The quantitative estimate of drug-likeness (QED) is 0.512. The molecule has 0 saturated heterocycles. The van der Waals surface area contributed by atoms with Gasteiger partial charge in [-0.15, -0.1) is 0 Å². The second kappa shape index (κ2) is 11.1. The second-order valence-corrected chi connectivity index (χ2v) is 6.91. The van der Waals surface area contributed by atoms with Crippen LogP contribution in [0, 0.1) is 5.92 Å². The molecule has 1 atom stereocenters. The zero-order valence-corrected chi connectivity index (χ0v) is 14.9. The van der Waals surface area contributed by atoms with Gasteiger partial charge in [-0.3, -0.25) is 0 Å². The van der Waals surface area contributed by atoms with Crippen molar-refractivity contribution in [3.8, 4) is 0 Å². The van der Waals surface area contributed by atoms with Crippen LogP contribution in [0.15, 0.2) is 23.3 Å². The molecule has 1 heteroatoms. The Morgan fingerprint density at radius 3 is 2.81 bits per heavy atom. The Balaban J connectivity index is 2.44. The molecule has 0 aromatic rings. The summed E-state index contributed by atoms with van der Waals surface area (Å²) in [6.07, 6.45) is 16.8. The lowest BCUT2D eigenvalue weighted by Gasteiger charge is -2.18. The van der Waals surface area contributed by atoms with Gasteiger partial charge in [-0.05, 0) is 63.8 Å². The normalized spacial score (nSPS) is 20.5. The molecule has 0 aliphatic heterocycles. The molecule has 0 bridgehead atoms. The van der Waals surface area contributed by atoms with Crippen LogP contribution in [0.3, 0.4) is 0 Å². The predicted molar refractivity (Wildman–Crippen MR) is 95.7 cm³/mol. The highest BCUT2D eigenvalue weighted by atomic mass is 14.9. The van der Waals surface area contributed by atoms with Gasteiger partial charge in [0.25, 0.3) is 0 Å². The third kappa shape index (κ3) is 8.46. The minimum atomic E-state index is 0.603. The smallest absolute Gasteiger partial charge is 0.00105 e. The largest absolute Gasteiger partial charge is 0.314 e. The van der Waals surface area contributed by atoms with Crippen molar-refractivity contribution >= 4 is 0 Å². The minimum Gasteiger partial charge on any atom is -0.314 e. The lowest BCUT2D eigenvalue weighted by Crippen LogP contribution is -2.24. The van der Waals surface area contributed by atoms with Crippen molar-refractivity contribution in [2.45, 2.75) is 91.5 Å². The highest BCUT2D eigenvalue weighted by Crippen LogP contribution is 2.30. The van der Waals surface area contributed by atoms with Gasteiger partial charge < -0.3 is 5.32 Å². The molecule has 1 aliphatic rings. The van der Waals surface area contributed by atoms with E-state index in [4.69, 9.17) is 0 Å². The zero-order chi connectivity index (χ0) is 15.5. The summed E-state index contributed by atoms with van der Waals surface area (Å²) < 4.78 is 0. The molecule has 122 valence electrons. The topological polar surface area (TPSA) is 12.0 Å². The number of unbranched alkanes of at least 4 members (excludes halogenated alkanes) is 1. The van der Waals surface area contributed by atoms with Crippen molar-refractivity contribution < 1.29 is 0 Å². The van der Waals surface area contributed by atoms with Gasteiger partial charge in [0.05, 0.1) is 0 Å². The minimum absolute atomic E-state index is 0.603. The summed E-state index contributed by atoms with van der Waals surface area (Å²) in [5.74, 6) is 0.910. The fraction of sp³-hybridized carbons (Fsp3) is 0.800. The predicted octanol–water partition coefficient (Wildman–Crippen LogP) is 6.02. The van der Waals surface area contributed by atoms with E-state index in [1.165, 1.54) is 57.8 Å². The van der Waals surface area contributed by atoms with E-state index in [2.05, 4.69) is 45.2 Å². The Kier molecular flexibility index (Phi) is 9.74. The zero-order valence-electron chi connectivity index (χ0n) is 14.9. The molecule has 0 fully saturated rings. The molecule has 0 aromatic heterocycles. The fourth-order valence-corrected chi connectivity index (χ4v) is 3.21. The van der Waals surface area contributed by atoms with E-state index in [1.807, 2.05) is 0 Å². The molecular weight excluding hydrogens is 254 g/mol. The first-order chi connectivity index (χ1) is 10.2. The molecule has 1 nitrogen and oxygen atoms in total. The van der Waals surface area contributed by atoms with Crippen molar-refractivity contribution in [2.24, 2.45) is 5.92 Å². The highest BCUT2D eigenvalue weighted by Gasteiger charge is 2.14. The van der Waals surface area contributed by atoms with E-state index in [9.17, 15) is 0 Å². The number of nitrogens with one attached hydrogen (secondary N) is 1. The summed E-state index contributed by atoms with van der Waals surface area (Å²) in [6.45, 7) is 10.2. The Bertz CT molecular complexity index is 325. The van der Waals surface area contributed by atoms with Crippen molar-refractivity contribution in [2.75, 3.05) is 6.54 Å². The summed E-state index contributed by atoms with van der Waals surface area (Å²) in [4.78, 5) is 0. The van der Waals surface area contributed by atoms with Crippen LogP contribution in [0.1, 0.15) is 85.5 Å². The maximum absolute atomic E-state index is 3.57. The summed E-state index contributed by atoms with van der Waals surface area (Å²) in [5, 5.41) is 3.57. The van der Waals surface area contributed by atoms with Crippen LogP contribution < -0.4 is 5.32 Å². The standard InChI is InChI=1S/C20H37N/c1-5-7-9-20(14-15-21-17(3)4)16-19-11-8-10-18(6-2)12-13-19/h9-10,17,19,21H,5-8,11-16H2,1-4H3/b20-9+. The SMILES string of the molecule is CCC/C=C(\CCNC(C)C)CC1CCC=C(CC)CC1. The molecule has 0 saturated carbocycles. The van der Waals surface area contributed by atoms with Crippen molar-refractivity contribution in [3.05, 3.63) is 23.3 Å². The maximum atomic E-state index is 3.57. The van der Waals surface area contributed by atoms with Gasteiger partial charge in [0, 0.05) is 6.04 Å². The van der Waals surface area contributed by atoms with Gasteiger partial charge >= 0.3 is 0 Å². The number of rotatable bonds is 9. The lowest BCUT2D eigenvalue weighted by molar-refractivity contribution is 0.450. The molecule has 1 aliphatic carbocycles. The summed E-state index contributed by atoms with van der Waals surface area (Å²) in [5.41, 5.74) is 3.40. The van der Waals surface area contributed by atoms with E-state index in [0.717, 1.165) is 12.5 Å². The fourth-order valence-electron chi connectivity index (χ4n) is 3.21. The monoisotopic (exact) mass is 291 g/mol. The molecule has 0 heterocycles. The van der Waals surface area contributed by atoms with E-state index in [0.29, 0.717) is 6.04 Å². The van der Waals surface area contributed by atoms with Gasteiger partial charge in [-0.2, -0.15) is 0 Å². The van der Waals surface area contributed by atoms with Gasteiger partial charge in [-0.1, -0.05) is 57.4 Å². The van der Waals surface area contributed by atoms with Crippen molar-refractivity contribution in [1.29, 1.82) is 0 Å². The van der Waals surface area contributed by atoms with Crippen LogP contribution in [0.25, 0.3) is 0 Å². The first-order valence-corrected chi connectivity index (χ1v) is 9.24. The van der Waals surface area contributed by atoms with E-state index < -0.39 is 0 Å². The Morgan fingerprint density at radius 2 is 2.14 bits per heavy atom. The van der Waals surface area contributed by atoms with Crippen molar-refractivity contribution in [3.63, 3.8) is 0 Å². The van der Waals surface area contributed by atoms with Gasteiger partial charge in [0.15, 0.2) is 0 Å². The van der Waals surface area contributed by atoms with Crippen LogP contribution in [0.5, 0.6) is 0 Å². The lowest BCUT2D eigenvalue weighted by atomic mass is 9.89. The number of hydrogen-bond donors (Lipinski definition) is 1. The first-order valence-electron chi connectivity index (χ1n) is 9.24. The van der Waals surface area contributed by atoms with Crippen LogP contribution in [-0.2, 0) is 0 Å². The Labute approximate surface area is 133 Å². The molecular formula is C20H37N. The van der Waals surface area contributed by atoms with Gasteiger partial charge in [-0.25, -0.2) is 0 Å².